The molecule has 1 aliphatic heterocycles. The van der Waals surface area contributed by atoms with Gasteiger partial charge in [-0.25, -0.2) is 13.6 Å². The van der Waals surface area contributed by atoms with E-state index in [0.29, 0.717) is 0 Å². The summed E-state index contributed by atoms with van der Waals surface area (Å²) in [5, 5.41) is 15.8. The highest BCUT2D eigenvalue weighted by atomic mass is 79.9. The van der Waals surface area contributed by atoms with E-state index in [4.69, 9.17) is 16.7 Å². The van der Waals surface area contributed by atoms with E-state index in [0.717, 1.165) is 5.56 Å². The Bertz CT molecular complexity index is 777. The molecule has 1 atom stereocenters. The molecule has 0 spiro atoms. The third-order valence-corrected chi connectivity index (χ3v) is 6.09. The van der Waals surface area contributed by atoms with Crippen molar-refractivity contribution in [2.24, 2.45) is 10.1 Å². The van der Waals surface area contributed by atoms with Gasteiger partial charge in [-0.2, -0.15) is 0 Å². The maximum absolute atomic E-state index is 12.2. The molecule has 0 aliphatic carbocycles. The van der Waals surface area contributed by atoms with Gasteiger partial charge in [-0.15, -0.1) is 0 Å². The van der Waals surface area contributed by atoms with E-state index in [1.807, 2.05) is 13.8 Å². The molecule has 6 nitrogen and oxygen atoms in total. The van der Waals surface area contributed by atoms with Crippen LogP contribution in [0.4, 0.5) is 0 Å². The van der Waals surface area contributed by atoms with Crippen LogP contribution in [0.1, 0.15) is 31.0 Å². The second-order valence-corrected chi connectivity index (χ2v) is 8.36. The van der Waals surface area contributed by atoms with Gasteiger partial charge in [0, 0.05) is 6.20 Å². The largest absolute Gasteiger partial charge is 0.506 e. The van der Waals surface area contributed by atoms with Gasteiger partial charge < -0.3 is 5.11 Å². The van der Waals surface area contributed by atoms with Crippen LogP contribution < -0.4 is 5.14 Å². The fourth-order valence-electron chi connectivity index (χ4n) is 2.13. The molecule has 0 saturated heterocycles. The van der Waals surface area contributed by atoms with E-state index in [2.05, 4.69) is 25.9 Å². The van der Waals surface area contributed by atoms with Crippen molar-refractivity contribution in [1.29, 1.82) is 0 Å². The van der Waals surface area contributed by atoms with E-state index in [1.54, 1.807) is 0 Å². The Balaban J connectivity index is 2.69. The molecule has 0 saturated carbocycles. The van der Waals surface area contributed by atoms with Crippen LogP contribution in [0, 0.1) is 0 Å². The van der Waals surface area contributed by atoms with Crippen molar-refractivity contribution in [2.45, 2.75) is 24.5 Å². The summed E-state index contributed by atoms with van der Waals surface area (Å²) >= 11 is 9.01. The number of hydrogen-bond donors (Lipinski definition) is 2. The number of sulfonamides is 1. The Kier molecular flexibility index (Phi) is 4.68. The van der Waals surface area contributed by atoms with Crippen LogP contribution in [-0.2, 0) is 14.8 Å². The maximum atomic E-state index is 12.2. The number of aliphatic imine (C=N–C) groups is 1. The topological polar surface area (TPSA) is 106 Å². The molecule has 0 aromatic carbocycles. The third kappa shape index (κ3) is 2.92. The predicted octanol–water partition coefficient (Wildman–Crippen LogP) is 2.32. The van der Waals surface area contributed by atoms with Crippen LogP contribution in [0.15, 0.2) is 27.8 Å². The number of primary sulfonamides is 1. The molecule has 0 radical (unpaired) electrons. The maximum Gasteiger partial charge on any atom is 0.226 e. The summed E-state index contributed by atoms with van der Waals surface area (Å²) in [5.74, 6) is -0.107. The summed E-state index contributed by atoms with van der Waals surface area (Å²) < 4.78 is 22.9. The quantitative estimate of drug-likeness (QED) is 0.800. The van der Waals surface area contributed by atoms with Gasteiger partial charge in [0.1, 0.15) is 16.6 Å². The minimum Gasteiger partial charge on any atom is -0.506 e. The zero-order valence-electron chi connectivity index (χ0n) is 11.9. The van der Waals surface area contributed by atoms with Crippen LogP contribution in [0.3, 0.4) is 0 Å². The van der Waals surface area contributed by atoms with Crippen molar-refractivity contribution in [2.75, 3.05) is 6.54 Å². The van der Waals surface area contributed by atoms with Crippen LogP contribution >= 0.6 is 27.5 Å². The highest BCUT2D eigenvalue weighted by molar-refractivity contribution is 9.12. The summed E-state index contributed by atoms with van der Waals surface area (Å²) in [7, 11) is -4.15. The number of nitrogens with zero attached hydrogens (tertiary/aromatic N) is 2. The number of pyridine rings is 1. The molecule has 2 rings (SSSR count). The molecule has 1 unspecified atom stereocenters. The number of allylic oxidation sites excluding steroid dienone is 1. The minimum atomic E-state index is -4.15. The Morgan fingerprint density at radius 1 is 1.50 bits per heavy atom. The molecule has 0 amide bonds. The van der Waals surface area contributed by atoms with Crippen molar-refractivity contribution in [3.63, 3.8) is 0 Å². The molecule has 0 bridgehead atoms. The highest BCUT2D eigenvalue weighted by Gasteiger charge is 2.47. The highest BCUT2D eigenvalue weighted by Crippen LogP contribution is 2.40. The van der Waals surface area contributed by atoms with Crippen molar-refractivity contribution >= 4 is 42.7 Å². The molecule has 120 valence electrons. The lowest BCUT2D eigenvalue weighted by Crippen LogP contribution is -2.44. The Morgan fingerprint density at radius 3 is 2.59 bits per heavy atom. The fraction of sp³-hybridized carbons (Fsp3) is 0.385. The molecular weight excluding hydrogens is 394 g/mol. The summed E-state index contributed by atoms with van der Waals surface area (Å²) in [6.45, 7) is 3.63. The molecule has 22 heavy (non-hydrogen) atoms. The molecule has 9 heteroatoms. The summed E-state index contributed by atoms with van der Waals surface area (Å²) in [4.78, 5) is 8.10. The first kappa shape index (κ1) is 17.4. The lowest BCUT2D eigenvalue weighted by Gasteiger charge is -2.29. The smallest absolute Gasteiger partial charge is 0.226 e. The van der Waals surface area contributed by atoms with E-state index in [1.165, 1.54) is 18.3 Å². The van der Waals surface area contributed by atoms with Crippen molar-refractivity contribution < 1.29 is 13.5 Å². The van der Waals surface area contributed by atoms with E-state index in [9.17, 15) is 13.5 Å². The van der Waals surface area contributed by atoms with Gasteiger partial charge in [-0.3, -0.25) is 9.98 Å². The normalized spacial score (nSPS) is 22.5. The molecular formula is C13H15BrClN3O3S. The van der Waals surface area contributed by atoms with Gasteiger partial charge in [-0.05, 0) is 39.6 Å². The molecule has 2 heterocycles. The lowest BCUT2D eigenvalue weighted by atomic mass is 9.98. The Morgan fingerprint density at radius 2 is 2.14 bits per heavy atom. The number of nitrogens with two attached hydrogens (primary N) is 1. The van der Waals surface area contributed by atoms with Gasteiger partial charge in [0.05, 0.1) is 11.0 Å². The number of rotatable bonds is 3. The Hall–Kier alpha value is -0.960. The molecule has 1 aromatic rings. The molecule has 1 aromatic heterocycles. The van der Waals surface area contributed by atoms with Crippen LogP contribution in [0.2, 0.25) is 0 Å². The van der Waals surface area contributed by atoms with Gasteiger partial charge in [-0.1, -0.05) is 25.4 Å². The van der Waals surface area contributed by atoms with E-state index in [-0.39, 0.29) is 33.6 Å². The second kappa shape index (κ2) is 5.92. The number of halogens is 2. The molecule has 1 aliphatic rings. The molecule has 3 N–H and O–H groups in total. The number of hydrogen-bond acceptors (Lipinski definition) is 5. The first-order valence-electron chi connectivity index (χ1n) is 6.39. The standard InChI is InChI=1S/C13H15BrClN3O3S/c1-7(2)8-3-10(19)11(17-5-8)13(22(16,20)21)4-9(14)12(15)18-6-13/h3-5,7,19H,6H2,1-2H3,(H2,16,20,21). The summed E-state index contributed by atoms with van der Waals surface area (Å²) in [6.07, 6.45) is 2.84. The van der Waals surface area contributed by atoms with Crippen molar-refractivity contribution in [3.8, 4) is 5.75 Å². The summed E-state index contributed by atoms with van der Waals surface area (Å²) in [6, 6.07) is 1.49. The SMILES string of the molecule is CC(C)c1cnc(C2(S(N)(=O)=O)C=C(Br)C(Cl)=NC2)c(O)c1. The number of aromatic hydroxyl groups is 1. The monoisotopic (exact) mass is 407 g/mol. The zero-order chi connectivity index (χ0) is 16.7. The first-order valence-corrected chi connectivity index (χ1v) is 9.10. The van der Waals surface area contributed by atoms with Crippen LogP contribution in [0.25, 0.3) is 0 Å². The van der Waals surface area contributed by atoms with Crippen LogP contribution in [-0.4, -0.2) is 30.2 Å². The van der Waals surface area contributed by atoms with Crippen molar-refractivity contribution in [1.82, 2.24) is 4.98 Å². The number of aromatic nitrogens is 1. The van der Waals surface area contributed by atoms with Gasteiger partial charge >= 0.3 is 0 Å². The fourth-order valence-corrected chi connectivity index (χ4v) is 3.87. The molecule has 0 fully saturated rings. The minimum absolute atomic E-state index is 0.0655. The van der Waals surface area contributed by atoms with Gasteiger partial charge in [0.15, 0.2) is 4.75 Å². The average Bonchev–Trinajstić information content (AvgIpc) is 2.40. The Labute approximate surface area is 142 Å². The average molecular weight is 409 g/mol. The third-order valence-electron chi connectivity index (χ3n) is 3.47. The van der Waals surface area contributed by atoms with Crippen LogP contribution in [0.5, 0.6) is 5.75 Å². The van der Waals surface area contributed by atoms with Gasteiger partial charge in [0.2, 0.25) is 10.0 Å². The zero-order valence-corrected chi connectivity index (χ0v) is 15.1. The van der Waals surface area contributed by atoms with E-state index < -0.39 is 14.8 Å². The lowest BCUT2D eigenvalue weighted by molar-refractivity contribution is 0.451. The predicted molar refractivity (Wildman–Crippen MR) is 89.9 cm³/mol. The second-order valence-electron chi connectivity index (χ2n) is 5.32. The van der Waals surface area contributed by atoms with Gasteiger partial charge in [0.25, 0.3) is 0 Å². The van der Waals surface area contributed by atoms with E-state index >= 15 is 0 Å². The first-order chi connectivity index (χ1) is 10.1. The number of dihydropyridines is 1. The van der Waals surface area contributed by atoms with Crippen molar-refractivity contribution in [3.05, 3.63) is 34.1 Å². The summed E-state index contributed by atoms with van der Waals surface area (Å²) in [5.41, 5.74) is 0.718.